The molecule has 3 rings (SSSR count). The largest absolute Gasteiger partial charge is 0.494 e. The second-order valence-electron chi connectivity index (χ2n) is 5.93. The Morgan fingerprint density at radius 1 is 1.29 bits per heavy atom. The van der Waals surface area contributed by atoms with Gasteiger partial charge in [-0.2, -0.15) is 0 Å². The summed E-state index contributed by atoms with van der Waals surface area (Å²) in [5.74, 6) is 0.923. The number of hydrogen-bond acceptors (Lipinski definition) is 3. The minimum absolute atomic E-state index is 0. The lowest BCUT2D eigenvalue weighted by molar-refractivity contribution is 0.191. The van der Waals surface area contributed by atoms with Crippen molar-refractivity contribution in [3.8, 4) is 5.75 Å². The molecule has 0 atom stereocenters. The fraction of sp³-hybridized carbons (Fsp3) is 0.625. The van der Waals surface area contributed by atoms with Crippen LogP contribution in [0.1, 0.15) is 24.0 Å². The second-order valence-corrected chi connectivity index (χ2v) is 5.93. The van der Waals surface area contributed by atoms with Gasteiger partial charge in [0.1, 0.15) is 0 Å². The molecule has 0 amide bonds. The van der Waals surface area contributed by atoms with E-state index in [0.717, 1.165) is 50.6 Å². The van der Waals surface area contributed by atoms with Crippen molar-refractivity contribution in [1.29, 1.82) is 0 Å². The molecule has 1 fully saturated rings. The van der Waals surface area contributed by atoms with Gasteiger partial charge in [0.05, 0.1) is 7.11 Å². The van der Waals surface area contributed by atoms with E-state index in [1.165, 1.54) is 25.5 Å². The number of fused-ring (bicyclic) bond motifs is 1. The van der Waals surface area contributed by atoms with Gasteiger partial charge in [0.25, 0.3) is 0 Å². The molecule has 3 nitrogen and oxygen atoms in total. The lowest BCUT2D eigenvalue weighted by Gasteiger charge is -2.33. The van der Waals surface area contributed by atoms with E-state index < -0.39 is 0 Å². The molecular weight excluding hydrogens is 291 g/mol. The van der Waals surface area contributed by atoms with Crippen LogP contribution in [0.25, 0.3) is 0 Å². The first-order valence-electron chi connectivity index (χ1n) is 7.54. The van der Waals surface area contributed by atoms with Crippen LogP contribution < -0.4 is 10.1 Å². The standard InChI is InChI=1S/C16H23FN2O.ClH/c1-20-16-9-13-4-7-19(11-14(13)8-15(16)17)10-12-2-5-18-6-3-12;/h8-9,12,18H,2-7,10-11H2,1H3;1H. The predicted octanol–water partition coefficient (Wildman–Crippen LogP) is 2.61. The number of nitrogens with one attached hydrogen (secondary N) is 1. The van der Waals surface area contributed by atoms with Crippen molar-refractivity contribution in [1.82, 2.24) is 10.2 Å². The summed E-state index contributed by atoms with van der Waals surface area (Å²) in [6.45, 7) is 5.38. The van der Waals surface area contributed by atoms with Crippen LogP contribution in [0.4, 0.5) is 4.39 Å². The Morgan fingerprint density at radius 2 is 2.05 bits per heavy atom. The van der Waals surface area contributed by atoms with Gasteiger partial charge in [-0.3, -0.25) is 4.90 Å². The van der Waals surface area contributed by atoms with E-state index >= 15 is 0 Å². The van der Waals surface area contributed by atoms with Crippen molar-refractivity contribution < 1.29 is 9.13 Å². The summed E-state index contributed by atoms with van der Waals surface area (Å²) in [5.41, 5.74) is 2.37. The number of methoxy groups -OCH3 is 1. The summed E-state index contributed by atoms with van der Waals surface area (Å²) in [4.78, 5) is 2.48. The first-order valence-corrected chi connectivity index (χ1v) is 7.54. The monoisotopic (exact) mass is 314 g/mol. The third kappa shape index (κ3) is 3.87. The zero-order chi connectivity index (χ0) is 13.9. The minimum atomic E-state index is -0.241. The van der Waals surface area contributed by atoms with Crippen LogP contribution in [0.15, 0.2) is 12.1 Å². The smallest absolute Gasteiger partial charge is 0.165 e. The third-order valence-electron chi connectivity index (χ3n) is 4.54. The first kappa shape index (κ1) is 16.5. The highest BCUT2D eigenvalue weighted by molar-refractivity contribution is 5.85. The van der Waals surface area contributed by atoms with Crippen LogP contribution in [0, 0.1) is 11.7 Å². The van der Waals surface area contributed by atoms with Crippen molar-refractivity contribution in [2.75, 3.05) is 33.3 Å². The average Bonchev–Trinajstić information content (AvgIpc) is 2.47. The molecule has 0 radical (unpaired) electrons. The number of halogens is 2. The summed E-state index contributed by atoms with van der Waals surface area (Å²) < 4.78 is 18.9. The van der Waals surface area contributed by atoms with E-state index in [1.54, 1.807) is 6.07 Å². The first-order chi connectivity index (χ1) is 9.76. The molecule has 0 spiro atoms. The van der Waals surface area contributed by atoms with E-state index in [4.69, 9.17) is 4.74 Å². The Balaban J connectivity index is 0.00000161. The highest BCUT2D eigenvalue weighted by Crippen LogP contribution is 2.27. The summed E-state index contributed by atoms with van der Waals surface area (Å²) in [7, 11) is 1.52. The Labute approximate surface area is 132 Å². The lowest BCUT2D eigenvalue weighted by Crippen LogP contribution is -2.38. The van der Waals surface area contributed by atoms with Crippen LogP contribution >= 0.6 is 12.4 Å². The molecule has 1 aromatic rings. The molecule has 0 aliphatic carbocycles. The van der Waals surface area contributed by atoms with Crippen molar-refractivity contribution >= 4 is 12.4 Å². The summed E-state index contributed by atoms with van der Waals surface area (Å²) >= 11 is 0. The molecule has 1 saturated heterocycles. The minimum Gasteiger partial charge on any atom is -0.494 e. The fourth-order valence-corrected chi connectivity index (χ4v) is 3.36. The van der Waals surface area contributed by atoms with Crippen molar-refractivity contribution in [3.05, 3.63) is 29.1 Å². The Hall–Kier alpha value is -0.840. The average molecular weight is 315 g/mol. The zero-order valence-electron chi connectivity index (χ0n) is 12.5. The fourth-order valence-electron chi connectivity index (χ4n) is 3.36. The molecule has 2 heterocycles. The molecule has 5 heteroatoms. The second kappa shape index (κ2) is 7.43. The molecule has 1 N–H and O–H groups in total. The topological polar surface area (TPSA) is 24.5 Å². The van der Waals surface area contributed by atoms with E-state index in [9.17, 15) is 4.39 Å². The Morgan fingerprint density at radius 3 is 2.76 bits per heavy atom. The van der Waals surface area contributed by atoms with Gasteiger partial charge < -0.3 is 10.1 Å². The van der Waals surface area contributed by atoms with E-state index in [2.05, 4.69) is 10.2 Å². The van der Waals surface area contributed by atoms with Crippen molar-refractivity contribution in [3.63, 3.8) is 0 Å². The molecule has 0 aromatic heterocycles. The molecule has 1 aromatic carbocycles. The number of benzene rings is 1. The van der Waals surface area contributed by atoms with Crippen LogP contribution in [0.5, 0.6) is 5.75 Å². The van der Waals surface area contributed by atoms with Gasteiger partial charge >= 0.3 is 0 Å². The lowest BCUT2D eigenvalue weighted by atomic mass is 9.94. The highest BCUT2D eigenvalue weighted by Gasteiger charge is 2.22. The van der Waals surface area contributed by atoms with Gasteiger partial charge in [-0.05, 0) is 61.5 Å². The van der Waals surface area contributed by atoms with E-state index in [1.807, 2.05) is 6.07 Å². The zero-order valence-corrected chi connectivity index (χ0v) is 13.3. The van der Waals surface area contributed by atoms with E-state index in [0.29, 0.717) is 5.75 Å². The van der Waals surface area contributed by atoms with Crippen LogP contribution in [0.3, 0.4) is 0 Å². The Bertz CT molecular complexity index is 478. The van der Waals surface area contributed by atoms with Gasteiger partial charge in [-0.15, -0.1) is 12.4 Å². The molecule has 0 unspecified atom stereocenters. The summed E-state index contributed by atoms with van der Waals surface area (Å²) in [6, 6.07) is 3.52. The van der Waals surface area contributed by atoms with Crippen molar-refractivity contribution in [2.24, 2.45) is 5.92 Å². The molecule has 0 saturated carbocycles. The maximum atomic E-state index is 13.8. The van der Waals surface area contributed by atoms with Gasteiger partial charge in [0.15, 0.2) is 11.6 Å². The molecular formula is C16H24ClFN2O. The molecule has 0 bridgehead atoms. The van der Waals surface area contributed by atoms with Crippen molar-refractivity contribution in [2.45, 2.75) is 25.8 Å². The predicted molar refractivity (Wildman–Crippen MR) is 84.8 cm³/mol. The third-order valence-corrected chi connectivity index (χ3v) is 4.54. The number of hydrogen-bond donors (Lipinski definition) is 1. The number of nitrogens with zero attached hydrogens (tertiary/aromatic N) is 1. The van der Waals surface area contributed by atoms with Gasteiger partial charge in [-0.1, -0.05) is 0 Å². The van der Waals surface area contributed by atoms with Gasteiger partial charge in [-0.25, -0.2) is 4.39 Å². The number of ether oxygens (including phenoxy) is 1. The summed E-state index contributed by atoms with van der Waals surface area (Å²) in [6.07, 6.45) is 3.53. The molecule has 118 valence electrons. The van der Waals surface area contributed by atoms with Crippen LogP contribution in [0.2, 0.25) is 0 Å². The van der Waals surface area contributed by atoms with Gasteiger partial charge in [0, 0.05) is 19.6 Å². The van der Waals surface area contributed by atoms with Crippen LogP contribution in [-0.2, 0) is 13.0 Å². The van der Waals surface area contributed by atoms with Gasteiger partial charge in [0.2, 0.25) is 0 Å². The van der Waals surface area contributed by atoms with E-state index in [-0.39, 0.29) is 18.2 Å². The SMILES string of the molecule is COc1cc2c(cc1F)CN(CC1CCNCC1)CC2.Cl. The molecule has 2 aliphatic rings. The Kier molecular flexibility index (Phi) is 5.85. The quantitative estimate of drug-likeness (QED) is 0.928. The normalized spacial score (nSPS) is 19.7. The maximum Gasteiger partial charge on any atom is 0.165 e. The molecule has 2 aliphatic heterocycles. The highest BCUT2D eigenvalue weighted by atomic mass is 35.5. The number of rotatable bonds is 3. The maximum absolute atomic E-state index is 13.8. The van der Waals surface area contributed by atoms with Crippen LogP contribution in [-0.4, -0.2) is 38.2 Å². The number of piperidine rings is 1. The summed E-state index contributed by atoms with van der Waals surface area (Å²) in [5, 5.41) is 3.41. The molecule has 21 heavy (non-hydrogen) atoms.